The maximum atomic E-state index is 12.8. The van der Waals surface area contributed by atoms with E-state index >= 15 is 0 Å². The van der Waals surface area contributed by atoms with Crippen molar-refractivity contribution < 1.29 is 32.3 Å². The number of nitrogens with one attached hydrogen (secondary N) is 1. The van der Waals surface area contributed by atoms with Crippen LogP contribution in [0.3, 0.4) is 0 Å². The monoisotopic (exact) mass is 455 g/mol. The molecule has 0 aromatic heterocycles. The number of hydrogen-bond acceptors (Lipinski definition) is 7. The Morgan fingerprint density at radius 1 is 1.23 bits per heavy atom. The van der Waals surface area contributed by atoms with E-state index in [4.69, 9.17) is 9.47 Å². The third-order valence-electron chi connectivity index (χ3n) is 5.16. The fourth-order valence-electron chi connectivity index (χ4n) is 3.35. The predicted octanol–water partition coefficient (Wildman–Crippen LogP) is 0.477. The molecule has 172 valence electrons. The molecule has 1 aromatic rings. The van der Waals surface area contributed by atoms with Gasteiger partial charge >= 0.3 is 5.97 Å². The van der Waals surface area contributed by atoms with E-state index in [0.29, 0.717) is 32.5 Å². The summed E-state index contributed by atoms with van der Waals surface area (Å²) in [6.07, 6.45) is 1.04. The van der Waals surface area contributed by atoms with E-state index in [2.05, 4.69) is 4.72 Å². The highest BCUT2D eigenvalue weighted by molar-refractivity contribution is 7.89. The highest BCUT2D eigenvalue weighted by atomic mass is 32.2. The maximum absolute atomic E-state index is 12.8. The molecule has 1 N–H and O–H groups in total. The summed E-state index contributed by atoms with van der Waals surface area (Å²) in [6.45, 7) is 2.74. The van der Waals surface area contributed by atoms with Crippen molar-refractivity contribution in [1.82, 2.24) is 14.5 Å². The van der Waals surface area contributed by atoms with Crippen LogP contribution in [0.1, 0.15) is 30.1 Å². The number of hydrogen-bond donors (Lipinski definition) is 1. The molecule has 0 radical (unpaired) electrons. The quantitative estimate of drug-likeness (QED) is 0.566. The van der Waals surface area contributed by atoms with E-state index in [1.807, 2.05) is 0 Å². The smallest absolute Gasteiger partial charge is 0.309 e. The second-order valence-corrected chi connectivity index (χ2v) is 9.00. The number of carbonyl (C=O) groups is 3. The van der Waals surface area contributed by atoms with Crippen LogP contribution in [0.4, 0.5) is 0 Å². The van der Waals surface area contributed by atoms with Crippen LogP contribution in [0.25, 0.3) is 0 Å². The third-order valence-corrected chi connectivity index (χ3v) is 6.59. The molecule has 1 aliphatic heterocycles. The number of rotatable bonds is 8. The Morgan fingerprint density at radius 3 is 2.42 bits per heavy atom. The minimum Gasteiger partial charge on any atom is -0.495 e. The Balaban J connectivity index is 2.04. The molecule has 10 nitrogen and oxygen atoms in total. The summed E-state index contributed by atoms with van der Waals surface area (Å²) in [5, 5.41) is 0. The summed E-state index contributed by atoms with van der Waals surface area (Å²) < 4.78 is 36.7. The Kier molecular flexibility index (Phi) is 8.40. The lowest BCUT2D eigenvalue weighted by molar-refractivity contribution is -0.151. The van der Waals surface area contributed by atoms with Gasteiger partial charge in [-0.25, -0.2) is 13.1 Å². The van der Waals surface area contributed by atoms with Crippen molar-refractivity contribution in [3.63, 3.8) is 0 Å². The van der Waals surface area contributed by atoms with E-state index in [1.165, 1.54) is 44.3 Å². The van der Waals surface area contributed by atoms with Crippen LogP contribution in [0.15, 0.2) is 23.1 Å². The molecule has 31 heavy (non-hydrogen) atoms. The van der Waals surface area contributed by atoms with Crippen molar-refractivity contribution >= 4 is 27.8 Å². The van der Waals surface area contributed by atoms with Crippen LogP contribution in [0, 0.1) is 5.92 Å². The number of methoxy groups -OCH3 is 1. The van der Waals surface area contributed by atoms with E-state index in [9.17, 15) is 22.8 Å². The molecule has 0 atom stereocenters. The number of nitrogens with zero attached hydrogens (tertiary/aromatic N) is 2. The standard InChI is InChI=1S/C20H29N3O7S/c1-5-30-20(26)14-8-10-23(11-9-14)18(24)13-22(3)19(25)15-6-7-16(29-4)17(12-15)31(27,28)21-2/h6-7,12,14,21H,5,8-11,13H2,1-4H3. The van der Waals surface area contributed by atoms with E-state index < -0.39 is 15.9 Å². The van der Waals surface area contributed by atoms with Gasteiger partial charge in [0.15, 0.2) is 0 Å². The average molecular weight is 456 g/mol. The number of piperidine rings is 1. The van der Waals surface area contributed by atoms with E-state index in [-0.39, 0.29) is 40.5 Å². The van der Waals surface area contributed by atoms with Crippen LogP contribution in [-0.2, 0) is 24.3 Å². The van der Waals surface area contributed by atoms with Gasteiger partial charge in [0.1, 0.15) is 10.6 Å². The number of likely N-dealkylation sites (tertiary alicyclic amines) is 1. The van der Waals surface area contributed by atoms with Gasteiger partial charge in [0.2, 0.25) is 15.9 Å². The van der Waals surface area contributed by atoms with Gasteiger partial charge in [-0.3, -0.25) is 14.4 Å². The van der Waals surface area contributed by atoms with Crippen molar-refractivity contribution in [3.8, 4) is 5.75 Å². The van der Waals surface area contributed by atoms with Gasteiger partial charge in [0.05, 0.1) is 26.2 Å². The molecule has 1 heterocycles. The second kappa shape index (κ2) is 10.6. The highest BCUT2D eigenvalue weighted by Gasteiger charge is 2.29. The van der Waals surface area contributed by atoms with Crippen molar-refractivity contribution in [1.29, 1.82) is 0 Å². The van der Waals surface area contributed by atoms with Gasteiger partial charge in [-0.2, -0.15) is 0 Å². The second-order valence-electron chi connectivity index (χ2n) is 7.14. The van der Waals surface area contributed by atoms with E-state index in [0.717, 1.165) is 0 Å². The number of likely N-dealkylation sites (N-methyl/N-ethyl adjacent to an activating group) is 1. The van der Waals surface area contributed by atoms with Gasteiger partial charge in [0, 0.05) is 25.7 Å². The fraction of sp³-hybridized carbons (Fsp3) is 0.550. The Morgan fingerprint density at radius 2 is 1.87 bits per heavy atom. The number of carbonyl (C=O) groups excluding carboxylic acids is 3. The lowest BCUT2D eigenvalue weighted by Crippen LogP contribution is -2.45. The topological polar surface area (TPSA) is 122 Å². The highest BCUT2D eigenvalue weighted by Crippen LogP contribution is 2.25. The Hall–Kier alpha value is -2.66. The summed E-state index contributed by atoms with van der Waals surface area (Å²) in [4.78, 5) is 39.9. The molecule has 0 saturated carbocycles. The normalized spacial score (nSPS) is 14.8. The van der Waals surface area contributed by atoms with Crippen LogP contribution in [0.2, 0.25) is 0 Å². The minimum atomic E-state index is -3.84. The van der Waals surface area contributed by atoms with Crippen LogP contribution in [-0.4, -0.2) is 83.4 Å². The molecule has 1 aromatic carbocycles. The molecule has 0 bridgehead atoms. The lowest BCUT2D eigenvalue weighted by atomic mass is 9.97. The van der Waals surface area contributed by atoms with Gasteiger partial charge in [-0.1, -0.05) is 0 Å². The molecule has 0 aliphatic carbocycles. The zero-order valence-corrected chi connectivity index (χ0v) is 19.0. The number of benzene rings is 1. The number of ether oxygens (including phenoxy) is 2. The number of sulfonamides is 1. The number of esters is 1. The summed E-state index contributed by atoms with van der Waals surface area (Å²) in [7, 11) is 0.234. The molecule has 2 amide bonds. The molecule has 11 heteroatoms. The van der Waals surface area contributed by atoms with Gasteiger partial charge in [0.25, 0.3) is 5.91 Å². The number of amides is 2. The first-order chi connectivity index (χ1) is 14.6. The van der Waals surface area contributed by atoms with Crippen LogP contribution >= 0.6 is 0 Å². The molecule has 1 saturated heterocycles. The zero-order valence-electron chi connectivity index (χ0n) is 18.2. The SMILES string of the molecule is CCOC(=O)C1CCN(C(=O)CN(C)C(=O)c2ccc(OC)c(S(=O)(=O)NC)c2)CC1. The minimum absolute atomic E-state index is 0.106. The molecule has 0 unspecified atom stereocenters. The van der Waals surface area contributed by atoms with Crippen LogP contribution in [0.5, 0.6) is 5.75 Å². The first-order valence-corrected chi connectivity index (χ1v) is 11.4. The molecular weight excluding hydrogens is 426 g/mol. The maximum Gasteiger partial charge on any atom is 0.309 e. The lowest BCUT2D eigenvalue weighted by Gasteiger charge is -2.32. The molecule has 1 aliphatic rings. The Bertz CT molecular complexity index is 925. The first-order valence-electron chi connectivity index (χ1n) is 9.96. The molecular formula is C20H29N3O7S. The summed E-state index contributed by atoms with van der Waals surface area (Å²) >= 11 is 0. The summed E-state index contributed by atoms with van der Waals surface area (Å²) in [5.41, 5.74) is 0.117. The van der Waals surface area contributed by atoms with Crippen molar-refractivity contribution in [2.75, 3.05) is 47.4 Å². The predicted molar refractivity (Wildman–Crippen MR) is 112 cm³/mol. The van der Waals surface area contributed by atoms with Gasteiger partial charge < -0.3 is 19.3 Å². The van der Waals surface area contributed by atoms with E-state index in [1.54, 1.807) is 11.8 Å². The molecule has 0 spiro atoms. The van der Waals surface area contributed by atoms with Crippen molar-refractivity contribution in [3.05, 3.63) is 23.8 Å². The third kappa shape index (κ3) is 5.95. The molecule has 2 rings (SSSR count). The zero-order chi connectivity index (χ0) is 23.2. The van der Waals surface area contributed by atoms with Gasteiger partial charge in [-0.15, -0.1) is 0 Å². The van der Waals surface area contributed by atoms with Gasteiger partial charge in [-0.05, 0) is 45.0 Å². The van der Waals surface area contributed by atoms with Crippen molar-refractivity contribution in [2.24, 2.45) is 5.92 Å². The first kappa shape index (κ1) is 24.6. The summed E-state index contributed by atoms with van der Waals surface area (Å²) in [6, 6.07) is 4.06. The fourth-order valence-corrected chi connectivity index (χ4v) is 4.27. The van der Waals surface area contributed by atoms with Crippen molar-refractivity contribution in [2.45, 2.75) is 24.7 Å². The van der Waals surface area contributed by atoms with Crippen LogP contribution < -0.4 is 9.46 Å². The largest absolute Gasteiger partial charge is 0.495 e. The molecule has 1 fully saturated rings. The Labute approximate surface area is 182 Å². The summed E-state index contributed by atoms with van der Waals surface area (Å²) in [5.74, 6) is -1.09. The average Bonchev–Trinajstić information content (AvgIpc) is 2.78.